The van der Waals surface area contributed by atoms with Gasteiger partial charge in [0.15, 0.2) is 0 Å². The van der Waals surface area contributed by atoms with E-state index < -0.39 is 0 Å². The van der Waals surface area contributed by atoms with Gasteiger partial charge < -0.3 is 0 Å². The monoisotopic (exact) mass is 236 g/mol. The SMILES string of the molecule is C/C(=C\CC(C)c1ccccc1)c1ccccc1. The molecule has 0 fully saturated rings. The van der Waals surface area contributed by atoms with Crippen molar-refractivity contribution in [3.63, 3.8) is 0 Å². The number of rotatable bonds is 4. The Hall–Kier alpha value is -1.82. The summed E-state index contributed by atoms with van der Waals surface area (Å²) in [6.07, 6.45) is 3.43. The minimum atomic E-state index is 0.574. The first kappa shape index (κ1) is 12.6. The number of benzene rings is 2. The molecule has 2 aromatic rings. The molecule has 0 bridgehead atoms. The first-order valence-corrected chi connectivity index (χ1v) is 6.54. The maximum atomic E-state index is 2.34. The van der Waals surface area contributed by atoms with E-state index in [1.54, 1.807) is 0 Å². The van der Waals surface area contributed by atoms with Crippen LogP contribution in [-0.2, 0) is 0 Å². The van der Waals surface area contributed by atoms with Crippen LogP contribution in [0.4, 0.5) is 0 Å². The molecule has 18 heavy (non-hydrogen) atoms. The lowest BCUT2D eigenvalue weighted by molar-refractivity contribution is 0.781. The van der Waals surface area contributed by atoms with E-state index in [4.69, 9.17) is 0 Å². The molecular formula is C18H20. The molecule has 0 nitrogen and oxygen atoms in total. The third-order valence-electron chi connectivity index (χ3n) is 3.38. The third-order valence-corrected chi connectivity index (χ3v) is 3.38. The Kier molecular flexibility index (Phi) is 4.35. The lowest BCUT2D eigenvalue weighted by Crippen LogP contribution is -1.91. The largest absolute Gasteiger partial charge is 0.0804 e. The molecule has 0 N–H and O–H groups in total. The van der Waals surface area contributed by atoms with Crippen molar-refractivity contribution in [2.24, 2.45) is 0 Å². The molecule has 0 heterocycles. The van der Waals surface area contributed by atoms with Crippen molar-refractivity contribution in [1.82, 2.24) is 0 Å². The van der Waals surface area contributed by atoms with Crippen molar-refractivity contribution < 1.29 is 0 Å². The Morgan fingerprint density at radius 3 is 2.11 bits per heavy atom. The lowest BCUT2D eigenvalue weighted by atomic mass is 9.96. The normalized spacial score (nSPS) is 13.3. The molecule has 0 aliphatic carbocycles. The summed E-state index contributed by atoms with van der Waals surface area (Å²) in [4.78, 5) is 0. The molecule has 0 saturated heterocycles. The van der Waals surface area contributed by atoms with Crippen LogP contribution >= 0.6 is 0 Å². The van der Waals surface area contributed by atoms with E-state index in [1.165, 1.54) is 16.7 Å². The summed E-state index contributed by atoms with van der Waals surface area (Å²) in [6.45, 7) is 4.47. The molecule has 2 aromatic carbocycles. The predicted octanol–water partition coefficient (Wildman–Crippen LogP) is 5.28. The molecule has 92 valence electrons. The summed E-state index contributed by atoms with van der Waals surface area (Å²) in [6, 6.07) is 21.3. The molecule has 0 radical (unpaired) electrons. The van der Waals surface area contributed by atoms with Crippen LogP contribution in [0, 0.1) is 0 Å². The van der Waals surface area contributed by atoms with Gasteiger partial charge >= 0.3 is 0 Å². The Bertz CT molecular complexity index is 494. The van der Waals surface area contributed by atoms with E-state index in [-0.39, 0.29) is 0 Å². The molecule has 0 aliphatic heterocycles. The number of allylic oxidation sites excluding steroid dienone is 2. The van der Waals surface area contributed by atoms with Crippen LogP contribution in [0.25, 0.3) is 5.57 Å². The van der Waals surface area contributed by atoms with Crippen LogP contribution in [0.3, 0.4) is 0 Å². The van der Waals surface area contributed by atoms with E-state index in [9.17, 15) is 0 Å². The number of hydrogen-bond acceptors (Lipinski definition) is 0. The molecular weight excluding hydrogens is 216 g/mol. The van der Waals surface area contributed by atoms with Gasteiger partial charge in [0.05, 0.1) is 0 Å². The Labute approximate surface area is 110 Å². The van der Waals surface area contributed by atoms with E-state index in [0.717, 1.165) is 6.42 Å². The quantitative estimate of drug-likeness (QED) is 0.677. The van der Waals surface area contributed by atoms with Crippen LogP contribution in [0.15, 0.2) is 66.7 Å². The van der Waals surface area contributed by atoms with E-state index in [0.29, 0.717) is 5.92 Å². The Morgan fingerprint density at radius 1 is 0.944 bits per heavy atom. The maximum Gasteiger partial charge on any atom is -0.0156 e. The van der Waals surface area contributed by atoms with Gasteiger partial charge in [-0.25, -0.2) is 0 Å². The summed E-state index contributed by atoms with van der Waals surface area (Å²) in [5.41, 5.74) is 4.09. The van der Waals surface area contributed by atoms with Crippen molar-refractivity contribution in [2.75, 3.05) is 0 Å². The van der Waals surface area contributed by atoms with Gasteiger partial charge in [-0.05, 0) is 36.0 Å². The molecule has 0 aromatic heterocycles. The second-order valence-electron chi connectivity index (χ2n) is 4.80. The van der Waals surface area contributed by atoms with Crippen molar-refractivity contribution >= 4 is 5.57 Å². The van der Waals surface area contributed by atoms with Crippen molar-refractivity contribution in [3.8, 4) is 0 Å². The van der Waals surface area contributed by atoms with Crippen LogP contribution in [-0.4, -0.2) is 0 Å². The summed E-state index contributed by atoms with van der Waals surface area (Å²) < 4.78 is 0. The average molecular weight is 236 g/mol. The lowest BCUT2D eigenvalue weighted by Gasteiger charge is -2.10. The topological polar surface area (TPSA) is 0 Å². The second-order valence-corrected chi connectivity index (χ2v) is 4.80. The van der Waals surface area contributed by atoms with Gasteiger partial charge in [-0.1, -0.05) is 73.7 Å². The van der Waals surface area contributed by atoms with Gasteiger partial charge in [-0.2, -0.15) is 0 Å². The van der Waals surface area contributed by atoms with Crippen molar-refractivity contribution in [3.05, 3.63) is 77.9 Å². The smallest absolute Gasteiger partial charge is 0.0156 e. The van der Waals surface area contributed by atoms with Gasteiger partial charge in [0.2, 0.25) is 0 Å². The maximum absolute atomic E-state index is 2.34. The highest BCUT2D eigenvalue weighted by Crippen LogP contribution is 2.22. The Balaban J connectivity index is 2.03. The van der Waals surface area contributed by atoms with Crippen LogP contribution < -0.4 is 0 Å². The summed E-state index contributed by atoms with van der Waals surface area (Å²) in [5.74, 6) is 0.574. The molecule has 0 aliphatic rings. The fraction of sp³-hybridized carbons (Fsp3) is 0.222. The zero-order valence-corrected chi connectivity index (χ0v) is 11.1. The highest BCUT2D eigenvalue weighted by molar-refractivity contribution is 5.63. The van der Waals surface area contributed by atoms with E-state index in [2.05, 4.69) is 80.6 Å². The van der Waals surface area contributed by atoms with Gasteiger partial charge in [-0.3, -0.25) is 0 Å². The summed E-state index contributed by atoms with van der Waals surface area (Å²) in [7, 11) is 0. The zero-order chi connectivity index (χ0) is 12.8. The molecule has 0 heteroatoms. The average Bonchev–Trinajstić information content (AvgIpc) is 2.46. The van der Waals surface area contributed by atoms with Gasteiger partial charge in [-0.15, -0.1) is 0 Å². The predicted molar refractivity (Wildman–Crippen MR) is 79.6 cm³/mol. The minimum absolute atomic E-state index is 0.574. The first-order valence-electron chi connectivity index (χ1n) is 6.54. The second kappa shape index (κ2) is 6.20. The van der Waals surface area contributed by atoms with Crippen LogP contribution in [0.1, 0.15) is 37.3 Å². The minimum Gasteiger partial charge on any atom is -0.0804 e. The molecule has 0 amide bonds. The first-order chi connectivity index (χ1) is 8.77. The summed E-state index contributed by atoms with van der Waals surface area (Å²) in [5, 5.41) is 0. The third kappa shape index (κ3) is 3.33. The van der Waals surface area contributed by atoms with Crippen LogP contribution in [0.5, 0.6) is 0 Å². The highest BCUT2D eigenvalue weighted by atomic mass is 14.1. The number of hydrogen-bond donors (Lipinski definition) is 0. The summed E-state index contributed by atoms with van der Waals surface area (Å²) >= 11 is 0. The van der Waals surface area contributed by atoms with Gasteiger partial charge in [0.25, 0.3) is 0 Å². The van der Waals surface area contributed by atoms with Gasteiger partial charge in [0.1, 0.15) is 0 Å². The zero-order valence-electron chi connectivity index (χ0n) is 11.1. The molecule has 1 unspecified atom stereocenters. The fourth-order valence-corrected chi connectivity index (χ4v) is 2.09. The van der Waals surface area contributed by atoms with E-state index in [1.807, 2.05) is 0 Å². The molecule has 0 spiro atoms. The molecule has 0 saturated carbocycles. The molecule has 1 atom stereocenters. The van der Waals surface area contributed by atoms with Crippen molar-refractivity contribution in [1.29, 1.82) is 0 Å². The van der Waals surface area contributed by atoms with E-state index >= 15 is 0 Å². The van der Waals surface area contributed by atoms with Crippen molar-refractivity contribution in [2.45, 2.75) is 26.2 Å². The Morgan fingerprint density at radius 2 is 1.50 bits per heavy atom. The fourth-order valence-electron chi connectivity index (χ4n) is 2.09. The highest BCUT2D eigenvalue weighted by Gasteiger charge is 2.03. The van der Waals surface area contributed by atoms with Crippen LogP contribution in [0.2, 0.25) is 0 Å². The molecule has 2 rings (SSSR count). The van der Waals surface area contributed by atoms with Gasteiger partial charge in [0, 0.05) is 0 Å². The standard InChI is InChI=1S/C18H20/c1-15(17-9-5-3-6-10-17)13-14-16(2)18-11-7-4-8-12-18/h3-13,16H,14H2,1-2H3/b15-13+.